The normalized spacial score (nSPS) is 11.8. The number of rotatable bonds is 3. The molecule has 0 saturated heterocycles. The third kappa shape index (κ3) is 3.88. The van der Waals surface area contributed by atoms with E-state index in [4.69, 9.17) is 0 Å². The molecule has 0 bridgehead atoms. The van der Waals surface area contributed by atoms with Crippen LogP contribution in [0.1, 0.15) is 5.56 Å². The first kappa shape index (κ1) is 26.5. The van der Waals surface area contributed by atoms with Crippen molar-refractivity contribution in [3.05, 3.63) is 151 Å². The average Bonchev–Trinajstić information content (AvgIpc) is 3.81. The average molecular weight is 633 g/mol. The molecule has 3 heterocycles. The van der Waals surface area contributed by atoms with Gasteiger partial charge in [0, 0.05) is 41.7 Å². The minimum atomic E-state index is 0.714. The second-order valence-corrected chi connectivity index (χ2v) is 14.1. The summed E-state index contributed by atoms with van der Waals surface area (Å²) in [6.07, 6.45) is 0. The van der Waals surface area contributed by atoms with Crippen LogP contribution in [0.15, 0.2) is 146 Å². The van der Waals surface area contributed by atoms with Crippen molar-refractivity contribution in [3.8, 4) is 34.0 Å². The van der Waals surface area contributed by atoms with Crippen molar-refractivity contribution in [1.82, 2.24) is 4.57 Å². The number of hydrogen-bond donors (Lipinski definition) is 0. The molecule has 0 atom stereocenters. The van der Waals surface area contributed by atoms with Gasteiger partial charge >= 0.3 is 0 Å². The zero-order valence-electron chi connectivity index (χ0n) is 25.1. The molecule has 4 heteroatoms. The molecule has 0 fully saturated rings. The van der Waals surface area contributed by atoms with Crippen LogP contribution in [-0.2, 0) is 0 Å². The SMILES string of the molecule is N#Cc1ccc(-c2ccc3sc4ccccc4c3c2)c2c1sc1c(-n3c4ccccc4c4ccc(-c5ccccc5)cc43)cccc12. The van der Waals surface area contributed by atoms with Gasteiger partial charge in [-0.25, -0.2) is 0 Å². The lowest BCUT2D eigenvalue weighted by Gasteiger charge is -2.11. The Morgan fingerprint density at radius 2 is 1.21 bits per heavy atom. The van der Waals surface area contributed by atoms with Gasteiger partial charge in [0.2, 0.25) is 0 Å². The highest BCUT2D eigenvalue weighted by atomic mass is 32.1. The largest absolute Gasteiger partial charge is 0.308 e. The molecule has 0 amide bonds. The lowest BCUT2D eigenvalue weighted by atomic mass is 9.96. The number of benzene rings is 7. The quantitative estimate of drug-likeness (QED) is 0.190. The topological polar surface area (TPSA) is 28.7 Å². The molecule has 10 aromatic rings. The van der Waals surface area contributed by atoms with Crippen LogP contribution in [0, 0.1) is 11.3 Å². The second-order valence-electron chi connectivity index (χ2n) is 12.0. The summed E-state index contributed by atoms with van der Waals surface area (Å²) < 4.78 is 7.23. The van der Waals surface area contributed by atoms with Crippen LogP contribution in [0.2, 0.25) is 0 Å². The fraction of sp³-hybridized carbons (Fsp3) is 0. The predicted octanol–water partition coefficient (Wildman–Crippen LogP) is 12.7. The number of para-hydroxylation sites is 1. The number of nitrogens with zero attached hydrogens (tertiary/aromatic N) is 2. The highest BCUT2D eigenvalue weighted by Crippen LogP contribution is 2.46. The first-order chi connectivity index (χ1) is 23.3. The van der Waals surface area contributed by atoms with E-state index >= 15 is 0 Å². The Morgan fingerprint density at radius 1 is 0.468 bits per heavy atom. The molecule has 0 unspecified atom stereocenters. The molecule has 0 radical (unpaired) electrons. The zero-order valence-corrected chi connectivity index (χ0v) is 26.7. The van der Waals surface area contributed by atoms with E-state index in [9.17, 15) is 5.26 Å². The first-order valence-electron chi connectivity index (χ1n) is 15.7. The number of nitriles is 1. The van der Waals surface area contributed by atoms with E-state index in [1.165, 1.54) is 68.8 Å². The summed E-state index contributed by atoms with van der Waals surface area (Å²) in [6.45, 7) is 0. The van der Waals surface area contributed by atoms with Gasteiger partial charge in [0.05, 0.1) is 31.7 Å². The van der Waals surface area contributed by atoms with Crippen LogP contribution in [0.25, 0.3) is 90.1 Å². The summed E-state index contributed by atoms with van der Waals surface area (Å²) >= 11 is 3.57. The summed E-state index contributed by atoms with van der Waals surface area (Å²) in [5, 5.41) is 17.6. The Bertz CT molecular complexity index is 2920. The van der Waals surface area contributed by atoms with Crippen molar-refractivity contribution in [2.45, 2.75) is 0 Å². The summed E-state index contributed by atoms with van der Waals surface area (Å²) in [6, 6.07) is 54.8. The van der Waals surface area contributed by atoms with E-state index in [0.717, 1.165) is 21.3 Å². The molecule has 218 valence electrons. The predicted molar refractivity (Wildman–Crippen MR) is 202 cm³/mol. The molecule has 2 nitrogen and oxygen atoms in total. The first-order valence-corrected chi connectivity index (χ1v) is 17.3. The molecule has 0 aliphatic heterocycles. The smallest absolute Gasteiger partial charge is 0.101 e. The van der Waals surface area contributed by atoms with Crippen LogP contribution >= 0.6 is 22.7 Å². The van der Waals surface area contributed by atoms with E-state index in [1.807, 2.05) is 17.4 Å². The molecular formula is C43H24N2S2. The highest BCUT2D eigenvalue weighted by molar-refractivity contribution is 7.26. The van der Waals surface area contributed by atoms with Crippen molar-refractivity contribution in [2.75, 3.05) is 0 Å². The van der Waals surface area contributed by atoms with Crippen LogP contribution in [-0.4, -0.2) is 4.57 Å². The molecule has 0 aliphatic rings. The van der Waals surface area contributed by atoms with E-state index in [0.29, 0.717) is 5.56 Å². The van der Waals surface area contributed by atoms with Crippen molar-refractivity contribution >= 4 is 84.8 Å². The molecule has 0 spiro atoms. The summed E-state index contributed by atoms with van der Waals surface area (Å²) in [5.41, 5.74) is 8.92. The fourth-order valence-electron chi connectivity index (χ4n) is 7.33. The highest BCUT2D eigenvalue weighted by Gasteiger charge is 2.20. The van der Waals surface area contributed by atoms with Gasteiger partial charge in [-0.2, -0.15) is 5.26 Å². The van der Waals surface area contributed by atoms with Crippen LogP contribution in [0.3, 0.4) is 0 Å². The minimum absolute atomic E-state index is 0.714. The van der Waals surface area contributed by atoms with E-state index < -0.39 is 0 Å². The lowest BCUT2D eigenvalue weighted by Crippen LogP contribution is -1.94. The van der Waals surface area contributed by atoms with Gasteiger partial charge in [0.25, 0.3) is 0 Å². The molecule has 7 aromatic carbocycles. The summed E-state index contributed by atoms with van der Waals surface area (Å²) in [7, 11) is 0. The third-order valence-electron chi connectivity index (χ3n) is 9.46. The summed E-state index contributed by atoms with van der Waals surface area (Å²) in [5.74, 6) is 0. The molecule has 0 saturated carbocycles. The molecule has 10 rings (SSSR count). The van der Waals surface area contributed by atoms with E-state index in [1.54, 1.807) is 11.3 Å². The molecule has 47 heavy (non-hydrogen) atoms. The molecule has 3 aromatic heterocycles. The van der Waals surface area contributed by atoms with Gasteiger partial charge in [-0.1, -0.05) is 103 Å². The molecule has 0 aliphatic carbocycles. The Hall–Kier alpha value is -5.73. The maximum absolute atomic E-state index is 10.3. The van der Waals surface area contributed by atoms with Crippen molar-refractivity contribution in [1.29, 1.82) is 5.26 Å². The van der Waals surface area contributed by atoms with E-state index in [-0.39, 0.29) is 0 Å². The van der Waals surface area contributed by atoms with Crippen molar-refractivity contribution < 1.29 is 0 Å². The second kappa shape index (κ2) is 10.1. The number of hydrogen-bond acceptors (Lipinski definition) is 3. The Balaban J connectivity index is 1.28. The monoisotopic (exact) mass is 632 g/mol. The van der Waals surface area contributed by atoms with E-state index in [2.05, 4.69) is 150 Å². The van der Waals surface area contributed by atoms with Crippen molar-refractivity contribution in [3.63, 3.8) is 0 Å². The van der Waals surface area contributed by atoms with Gasteiger partial charge < -0.3 is 4.57 Å². The maximum Gasteiger partial charge on any atom is 0.101 e. The van der Waals surface area contributed by atoms with Gasteiger partial charge in [-0.05, 0) is 64.7 Å². The van der Waals surface area contributed by atoms with Gasteiger partial charge in [0.15, 0.2) is 0 Å². The van der Waals surface area contributed by atoms with Gasteiger partial charge in [0.1, 0.15) is 6.07 Å². The number of aromatic nitrogens is 1. The van der Waals surface area contributed by atoms with Gasteiger partial charge in [-0.3, -0.25) is 0 Å². The lowest BCUT2D eigenvalue weighted by molar-refractivity contribution is 1.20. The van der Waals surface area contributed by atoms with Crippen LogP contribution in [0.4, 0.5) is 0 Å². The summed E-state index contributed by atoms with van der Waals surface area (Å²) in [4.78, 5) is 0. The number of thiophene rings is 2. The van der Waals surface area contributed by atoms with Crippen LogP contribution in [0.5, 0.6) is 0 Å². The Kier molecular flexibility index (Phi) is 5.71. The van der Waals surface area contributed by atoms with Crippen molar-refractivity contribution in [2.24, 2.45) is 0 Å². The molecule has 0 N–H and O–H groups in total. The number of fused-ring (bicyclic) bond motifs is 9. The Labute approximate surface area is 278 Å². The Morgan fingerprint density at radius 3 is 2.11 bits per heavy atom. The maximum atomic E-state index is 10.3. The zero-order chi connectivity index (χ0) is 31.1. The standard InChI is InChI=1S/C43H24N2S2/c44-25-29-18-20-30(28-19-22-40-35(23-28)33-12-5-7-16-39(33)46-40)41-34-13-8-15-37(43(34)47-42(29)41)45-36-14-6-4-11-31(36)32-21-17-27(24-38(32)45)26-9-2-1-3-10-26/h1-24H. The van der Waals surface area contributed by atoms with Crippen LogP contribution < -0.4 is 0 Å². The molecular weight excluding hydrogens is 609 g/mol. The fourth-order valence-corrected chi connectivity index (χ4v) is 9.71. The third-order valence-corrected chi connectivity index (χ3v) is 11.9. The van der Waals surface area contributed by atoms with Gasteiger partial charge in [-0.15, -0.1) is 22.7 Å². The minimum Gasteiger partial charge on any atom is -0.308 e.